The molecule has 0 fully saturated rings. The van der Waals surface area contributed by atoms with Crippen LogP contribution in [0.2, 0.25) is 0 Å². The molecule has 0 aliphatic heterocycles. The number of rotatable bonds is 2. The number of hydrogen-bond donors (Lipinski definition) is 0. The van der Waals surface area contributed by atoms with E-state index in [1.807, 2.05) is 0 Å². The summed E-state index contributed by atoms with van der Waals surface area (Å²) in [5, 5.41) is 5.61. The summed E-state index contributed by atoms with van der Waals surface area (Å²) < 4.78 is 0. The van der Waals surface area contributed by atoms with Crippen LogP contribution in [0.25, 0.3) is 21.5 Å². The second-order valence-corrected chi connectivity index (χ2v) is 7.97. The van der Waals surface area contributed by atoms with E-state index in [0.717, 1.165) is 0 Å². The predicted octanol–water partition coefficient (Wildman–Crippen LogP) is 8.50. The van der Waals surface area contributed by atoms with E-state index >= 15 is 0 Å². The van der Waals surface area contributed by atoms with Crippen LogP contribution in [0.4, 0.5) is 0 Å². The molecule has 4 radical (unpaired) electrons. The van der Waals surface area contributed by atoms with Crippen molar-refractivity contribution >= 4 is 32.5 Å². The molecule has 2 heteroatoms. The molecule has 4 aromatic rings. The number of fused-ring (bicyclic) bond motifs is 2. The van der Waals surface area contributed by atoms with Gasteiger partial charge in [0.25, 0.3) is 0 Å². The molecule has 0 N–H and O–H groups in total. The molecular weight excluding hydrogens is 456 g/mol. The monoisotopic (exact) mass is 490 g/mol. The third-order valence-corrected chi connectivity index (χ3v) is 5.25. The van der Waals surface area contributed by atoms with E-state index in [9.17, 15) is 0 Å². The quantitative estimate of drug-likeness (QED) is 0.195. The maximum Gasteiger partial charge on any atom is 4.00 e. The maximum atomic E-state index is 2.28. The van der Waals surface area contributed by atoms with Crippen LogP contribution in [0.1, 0.15) is 61.8 Å². The molecule has 4 aromatic carbocycles. The Bertz CT molecular complexity index is 934. The van der Waals surface area contributed by atoms with Crippen LogP contribution in [-0.2, 0) is 26.2 Å². The minimum Gasteiger partial charge on any atom is -0.358 e. The molecule has 0 saturated heterocycles. The van der Waals surface area contributed by atoms with Crippen LogP contribution in [0, 0.1) is 28.7 Å². The van der Waals surface area contributed by atoms with Crippen molar-refractivity contribution in [3.8, 4) is 0 Å². The normalized spacial score (nSPS) is 9.87. The van der Waals surface area contributed by atoms with Crippen LogP contribution in [-0.4, -0.2) is 11.0 Å². The Kier molecular flexibility index (Phi) is 13.7. The van der Waals surface area contributed by atoms with E-state index in [2.05, 4.69) is 102 Å². The Labute approximate surface area is 209 Å². The first-order chi connectivity index (χ1) is 12.4. The summed E-state index contributed by atoms with van der Waals surface area (Å²) >= 11 is 0. The Morgan fingerprint density at radius 2 is 0.900 bits per heavy atom. The molecule has 0 heterocycles. The average molecular weight is 492 g/mol. The van der Waals surface area contributed by atoms with Gasteiger partial charge in [0.05, 0.1) is 0 Å². The van der Waals surface area contributed by atoms with E-state index in [4.69, 9.17) is 0 Å². The van der Waals surface area contributed by atoms with Gasteiger partial charge in [-0.2, -0.15) is 0 Å². The van der Waals surface area contributed by atoms with E-state index in [1.54, 1.807) is 0 Å². The van der Waals surface area contributed by atoms with E-state index < -0.39 is 0 Å². The molecule has 0 aromatic heterocycles. The van der Waals surface area contributed by atoms with E-state index in [1.165, 1.54) is 43.8 Å². The van der Waals surface area contributed by atoms with Crippen molar-refractivity contribution < 1.29 is 26.2 Å². The fourth-order valence-corrected chi connectivity index (χ4v) is 4.32. The molecule has 0 saturated carbocycles. The largest absolute Gasteiger partial charge is 4.00 e. The van der Waals surface area contributed by atoms with Gasteiger partial charge >= 0.3 is 26.2 Å². The van der Waals surface area contributed by atoms with Gasteiger partial charge in [0.1, 0.15) is 0 Å². The molecule has 0 unspecified atom stereocenters. The zero-order valence-electron chi connectivity index (χ0n) is 19.9. The van der Waals surface area contributed by atoms with Gasteiger partial charge in [-0.05, 0) is 0 Å². The summed E-state index contributed by atoms with van der Waals surface area (Å²) in [6, 6.07) is 21.8. The summed E-state index contributed by atoms with van der Waals surface area (Å²) in [6.45, 7) is 13.4. The second-order valence-electron chi connectivity index (χ2n) is 7.97. The summed E-state index contributed by atoms with van der Waals surface area (Å²) in [4.78, 5) is 0. The van der Waals surface area contributed by atoms with Gasteiger partial charge in [0.15, 0.2) is 0 Å². The molecule has 0 spiro atoms. The van der Waals surface area contributed by atoms with Crippen molar-refractivity contribution in [2.24, 2.45) is 0 Å². The summed E-state index contributed by atoms with van der Waals surface area (Å²) in [5.41, 5.74) is 5.87. The molecule has 0 aliphatic carbocycles. The standard InChI is InChI=1S/2C13H15.2CH3.Si.Zr/c2*1-9(2)13-10(3)8-11-6-4-5-7-12(11)13;;;;/h2*4-9H,1-3H3;2*1H3;;/q4*-1;;+4. The third-order valence-electron chi connectivity index (χ3n) is 5.25. The average Bonchev–Trinajstić information content (AvgIpc) is 3.10. The number of hydrogen-bond acceptors (Lipinski definition) is 0. The summed E-state index contributed by atoms with van der Waals surface area (Å²) in [5.74, 6) is 1.25. The van der Waals surface area contributed by atoms with Gasteiger partial charge in [-0.25, -0.2) is 0 Å². The summed E-state index contributed by atoms with van der Waals surface area (Å²) in [6.07, 6.45) is 0. The molecule has 0 bridgehead atoms. The predicted molar refractivity (Wildman–Crippen MR) is 135 cm³/mol. The second kappa shape index (κ2) is 13.2. The third kappa shape index (κ3) is 6.38. The van der Waals surface area contributed by atoms with Gasteiger partial charge in [-0.1, -0.05) is 65.5 Å². The van der Waals surface area contributed by atoms with Crippen molar-refractivity contribution in [1.82, 2.24) is 0 Å². The van der Waals surface area contributed by atoms with Crippen LogP contribution < -0.4 is 0 Å². The number of benzene rings is 2. The Morgan fingerprint density at radius 1 is 0.600 bits per heavy atom. The smallest absolute Gasteiger partial charge is 0.358 e. The van der Waals surface area contributed by atoms with Gasteiger partial charge in [-0.15, -0.1) is 92.3 Å². The first-order valence-corrected chi connectivity index (χ1v) is 9.70. The van der Waals surface area contributed by atoms with Crippen molar-refractivity contribution in [3.63, 3.8) is 0 Å². The van der Waals surface area contributed by atoms with Crippen LogP contribution in [0.5, 0.6) is 0 Å². The first kappa shape index (κ1) is 30.9. The fourth-order valence-electron chi connectivity index (χ4n) is 4.32. The molecule has 0 nitrogen and oxygen atoms in total. The van der Waals surface area contributed by atoms with Crippen LogP contribution in [0.3, 0.4) is 0 Å². The molecule has 0 atom stereocenters. The van der Waals surface area contributed by atoms with Gasteiger partial charge < -0.3 is 14.9 Å². The Hall–Kier alpha value is -1.24. The molecule has 0 amide bonds. The molecule has 4 rings (SSSR count). The van der Waals surface area contributed by atoms with Crippen LogP contribution >= 0.6 is 0 Å². The minimum atomic E-state index is 0. The SMILES string of the molecule is Cc1[cH-]c2ccccc2c1C(C)C.Cc1[cH-]c2ccccc2c1C(C)C.[CH3-].[CH3-].[Si].[Zr+4]. The zero-order chi connectivity index (χ0) is 18.8. The van der Waals surface area contributed by atoms with Gasteiger partial charge in [0, 0.05) is 11.0 Å². The van der Waals surface area contributed by atoms with Crippen molar-refractivity contribution in [3.05, 3.63) is 97.8 Å². The topological polar surface area (TPSA) is 0 Å². The molecular formula is C28H36SiZr. The zero-order valence-corrected chi connectivity index (χ0v) is 23.4. The van der Waals surface area contributed by atoms with E-state index in [0.29, 0.717) is 11.8 Å². The van der Waals surface area contributed by atoms with Crippen molar-refractivity contribution in [1.29, 1.82) is 0 Å². The Balaban J connectivity index is 0. The van der Waals surface area contributed by atoms with E-state index in [-0.39, 0.29) is 52.0 Å². The molecule has 156 valence electrons. The van der Waals surface area contributed by atoms with Gasteiger partial charge in [-0.3, -0.25) is 0 Å². The van der Waals surface area contributed by atoms with Gasteiger partial charge in [0.2, 0.25) is 0 Å². The van der Waals surface area contributed by atoms with Crippen LogP contribution in [0.15, 0.2) is 60.7 Å². The fraction of sp³-hybridized carbons (Fsp3) is 0.286. The molecule has 0 aliphatic rings. The summed E-state index contributed by atoms with van der Waals surface area (Å²) in [7, 11) is 0. The van der Waals surface area contributed by atoms with Crippen molar-refractivity contribution in [2.75, 3.05) is 0 Å². The first-order valence-electron chi connectivity index (χ1n) is 9.70. The Morgan fingerprint density at radius 3 is 1.20 bits per heavy atom. The maximum absolute atomic E-state index is 2.28. The molecule has 30 heavy (non-hydrogen) atoms. The number of aryl methyl sites for hydroxylation is 2. The minimum absolute atomic E-state index is 0. The van der Waals surface area contributed by atoms with Crippen molar-refractivity contribution in [2.45, 2.75) is 53.4 Å².